The fourth-order valence-electron chi connectivity index (χ4n) is 2.47. The van der Waals surface area contributed by atoms with Crippen LogP contribution in [-0.2, 0) is 9.59 Å². The monoisotopic (exact) mass is 164 g/mol. The van der Waals surface area contributed by atoms with Crippen LogP contribution in [-0.4, -0.2) is 12.6 Å². The maximum Gasteiger partial charge on any atom is 0.146 e. The number of carbonyl (C=O) groups excluding carboxylic acids is 2. The van der Waals surface area contributed by atoms with Gasteiger partial charge >= 0.3 is 0 Å². The second-order valence-corrected chi connectivity index (χ2v) is 4.14. The van der Waals surface area contributed by atoms with Crippen LogP contribution in [0.15, 0.2) is 11.6 Å². The Morgan fingerprint density at radius 2 is 2.25 bits per heavy atom. The lowest BCUT2D eigenvalue weighted by Gasteiger charge is -2.21. The van der Waals surface area contributed by atoms with Crippen molar-refractivity contribution in [2.75, 3.05) is 0 Å². The van der Waals surface area contributed by atoms with E-state index in [4.69, 9.17) is 0 Å². The van der Waals surface area contributed by atoms with Crippen molar-refractivity contribution < 1.29 is 9.59 Å². The molecule has 0 spiro atoms. The molecule has 64 valence electrons. The summed E-state index contributed by atoms with van der Waals surface area (Å²) in [6.07, 6.45) is 6.58. The summed E-state index contributed by atoms with van der Waals surface area (Å²) in [6.45, 7) is 2.10. The van der Waals surface area contributed by atoms with E-state index >= 15 is 0 Å². The Balaban J connectivity index is 2.42. The van der Waals surface area contributed by atoms with Crippen LogP contribution in [0.2, 0.25) is 0 Å². The molecule has 1 fully saturated rings. The van der Waals surface area contributed by atoms with Crippen molar-refractivity contribution in [2.45, 2.75) is 26.2 Å². The molecule has 0 bridgehead atoms. The van der Waals surface area contributed by atoms with Crippen LogP contribution in [0, 0.1) is 10.8 Å². The first kappa shape index (κ1) is 7.71. The summed E-state index contributed by atoms with van der Waals surface area (Å²) < 4.78 is 0. The quantitative estimate of drug-likeness (QED) is 0.579. The highest BCUT2D eigenvalue weighted by molar-refractivity contribution is 5.88. The summed E-state index contributed by atoms with van der Waals surface area (Å²) in [7, 11) is 0. The summed E-state index contributed by atoms with van der Waals surface area (Å²) >= 11 is 0. The minimum atomic E-state index is -0.396. The minimum Gasteiger partial charge on any atom is -0.302 e. The highest BCUT2D eigenvalue weighted by atomic mass is 16.1. The van der Waals surface area contributed by atoms with Crippen molar-refractivity contribution in [1.82, 2.24) is 0 Å². The van der Waals surface area contributed by atoms with Crippen LogP contribution in [0.5, 0.6) is 0 Å². The van der Waals surface area contributed by atoms with Gasteiger partial charge in [0.1, 0.15) is 12.6 Å². The average molecular weight is 164 g/mol. The van der Waals surface area contributed by atoms with Crippen LogP contribution in [0.25, 0.3) is 0 Å². The second-order valence-electron chi connectivity index (χ2n) is 4.14. The van der Waals surface area contributed by atoms with Crippen molar-refractivity contribution in [3.05, 3.63) is 11.6 Å². The zero-order valence-corrected chi connectivity index (χ0v) is 7.17. The normalized spacial score (nSPS) is 44.2. The molecule has 1 saturated carbocycles. The Labute approximate surface area is 71.6 Å². The summed E-state index contributed by atoms with van der Waals surface area (Å²) in [5, 5.41) is 0. The van der Waals surface area contributed by atoms with E-state index in [-0.39, 0.29) is 5.41 Å². The number of fused-ring (bicyclic) bond motifs is 1. The van der Waals surface area contributed by atoms with E-state index in [1.54, 1.807) is 0 Å². The van der Waals surface area contributed by atoms with E-state index in [1.165, 1.54) is 0 Å². The lowest BCUT2D eigenvalue weighted by atomic mass is 9.81. The van der Waals surface area contributed by atoms with Crippen LogP contribution in [0.4, 0.5) is 0 Å². The van der Waals surface area contributed by atoms with Crippen LogP contribution in [0.1, 0.15) is 26.2 Å². The fraction of sp³-hybridized carbons (Fsp3) is 0.600. The Hall–Kier alpha value is -0.920. The van der Waals surface area contributed by atoms with Gasteiger partial charge in [0.2, 0.25) is 0 Å². The van der Waals surface area contributed by atoms with Gasteiger partial charge in [-0.1, -0.05) is 13.0 Å². The molecule has 0 aromatic rings. The predicted octanol–water partition coefficient (Wildman–Crippen LogP) is 1.50. The standard InChI is InChI=1S/C10H12O2/c1-9-4-2-3-8(5-11)10(9,6-9)7-12/h3,5,7H,2,4,6H2,1H3/t9-,10+/m0/s1. The van der Waals surface area contributed by atoms with Gasteiger partial charge < -0.3 is 4.79 Å². The topological polar surface area (TPSA) is 34.1 Å². The third-order valence-electron chi connectivity index (χ3n) is 3.52. The number of allylic oxidation sites excluding steroid dienone is 2. The molecule has 2 atom stereocenters. The van der Waals surface area contributed by atoms with Gasteiger partial charge in [0, 0.05) is 5.57 Å². The molecule has 0 heterocycles. The van der Waals surface area contributed by atoms with Crippen molar-refractivity contribution in [1.29, 1.82) is 0 Å². The lowest BCUT2D eigenvalue weighted by molar-refractivity contribution is -0.114. The van der Waals surface area contributed by atoms with Gasteiger partial charge in [0.05, 0.1) is 5.41 Å². The molecule has 12 heavy (non-hydrogen) atoms. The van der Waals surface area contributed by atoms with Crippen molar-refractivity contribution in [2.24, 2.45) is 10.8 Å². The molecule has 0 amide bonds. The Morgan fingerprint density at radius 3 is 2.75 bits per heavy atom. The first-order valence-electron chi connectivity index (χ1n) is 4.31. The molecule has 0 radical (unpaired) electrons. The van der Waals surface area contributed by atoms with Gasteiger partial charge in [-0.2, -0.15) is 0 Å². The highest BCUT2D eigenvalue weighted by Gasteiger charge is 2.66. The van der Waals surface area contributed by atoms with Gasteiger partial charge in [0.25, 0.3) is 0 Å². The summed E-state index contributed by atoms with van der Waals surface area (Å²) in [5.74, 6) is 0. The van der Waals surface area contributed by atoms with Gasteiger partial charge in [-0.05, 0) is 24.7 Å². The molecule has 2 nitrogen and oxygen atoms in total. The van der Waals surface area contributed by atoms with Gasteiger partial charge in [0.15, 0.2) is 0 Å². The second kappa shape index (κ2) is 2.06. The van der Waals surface area contributed by atoms with E-state index in [1.807, 2.05) is 6.08 Å². The molecule has 0 saturated heterocycles. The molecule has 2 heteroatoms. The zero-order chi connectivity index (χ0) is 8.82. The smallest absolute Gasteiger partial charge is 0.146 e. The molecule has 0 aromatic heterocycles. The number of rotatable bonds is 2. The SMILES string of the molecule is C[C@@]12CCC=C(C=O)[C@]1(C=O)C2. The summed E-state index contributed by atoms with van der Waals surface area (Å²) in [4.78, 5) is 21.6. The number of hydrogen-bond donors (Lipinski definition) is 0. The Kier molecular flexibility index (Phi) is 1.33. The molecule has 2 rings (SSSR count). The first-order chi connectivity index (χ1) is 5.68. The molecule has 0 N–H and O–H groups in total. The molecular formula is C10H12O2. The molecule has 0 unspecified atom stereocenters. The van der Waals surface area contributed by atoms with Crippen molar-refractivity contribution in [3.8, 4) is 0 Å². The third-order valence-corrected chi connectivity index (χ3v) is 3.52. The van der Waals surface area contributed by atoms with Gasteiger partial charge in [-0.25, -0.2) is 0 Å². The van der Waals surface area contributed by atoms with Gasteiger partial charge in [-0.3, -0.25) is 4.79 Å². The Morgan fingerprint density at radius 1 is 1.50 bits per heavy atom. The van der Waals surface area contributed by atoms with Gasteiger partial charge in [-0.15, -0.1) is 0 Å². The van der Waals surface area contributed by atoms with E-state index < -0.39 is 5.41 Å². The van der Waals surface area contributed by atoms with E-state index in [9.17, 15) is 9.59 Å². The lowest BCUT2D eigenvalue weighted by Crippen LogP contribution is -2.20. The van der Waals surface area contributed by atoms with Crippen LogP contribution < -0.4 is 0 Å². The van der Waals surface area contributed by atoms with E-state index in [2.05, 4.69) is 6.92 Å². The molecule has 2 aliphatic rings. The highest BCUT2D eigenvalue weighted by Crippen LogP contribution is 2.70. The maximum atomic E-state index is 10.9. The molecular weight excluding hydrogens is 152 g/mol. The van der Waals surface area contributed by atoms with Crippen molar-refractivity contribution in [3.63, 3.8) is 0 Å². The fourth-order valence-corrected chi connectivity index (χ4v) is 2.47. The number of aldehydes is 2. The van der Waals surface area contributed by atoms with Crippen molar-refractivity contribution >= 4 is 12.6 Å². The van der Waals surface area contributed by atoms with E-state index in [0.717, 1.165) is 31.8 Å². The summed E-state index contributed by atoms with van der Waals surface area (Å²) in [5.41, 5.74) is 0.415. The summed E-state index contributed by atoms with van der Waals surface area (Å²) in [6, 6.07) is 0. The van der Waals surface area contributed by atoms with Crippen LogP contribution >= 0.6 is 0 Å². The number of hydrogen-bond acceptors (Lipinski definition) is 2. The minimum absolute atomic E-state index is 0.0970. The first-order valence-corrected chi connectivity index (χ1v) is 4.31. The zero-order valence-electron chi connectivity index (χ0n) is 7.17. The molecule has 0 aromatic carbocycles. The Bertz CT molecular complexity index is 280. The largest absolute Gasteiger partial charge is 0.302 e. The number of carbonyl (C=O) groups is 2. The third kappa shape index (κ3) is 0.655. The maximum absolute atomic E-state index is 10.9. The average Bonchev–Trinajstić information content (AvgIpc) is 2.71. The predicted molar refractivity (Wildman–Crippen MR) is 44.6 cm³/mol. The van der Waals surface area contributed by atoms with Crippen LogP contribution in [0.3, 0.4) is 0 Å². The van der Waals surface area contributed by atoms with E-state index in [0.29, 0.717) is 5.57 Å². The molecule has 0 aliphatic heterocycles. The molecule has 2 aliphatic carbocycles.